The Morgan fingerprint density at radius 3 is 2.10 bits per heavy atom. The van der Waals surface area contributed by atoms with E-state index in [1.54, 1.807) is 37.5 Å². The van der Waals surface area contributed by atoms with Crippen molar-refractivity contribution in [3.8, 4) is 5.75 Å². The SMILES string of the molecule is COc1ccc(CNC(=O)/C(=C/c2ccccc2)NC(=O)c2ccccc2)cc1. The summed E-state index contributed by atoms with van der Waals surface area (Å²) in [6.07, 6.45) is 1.66. The minimum Gasteiger partial charge on any atom is -0.497 e. The molecule has 0 aliphatic carbocycles. The molecule has 2 amide bonds. The Bertz CT molecular complexity index is 982. The van der Waals surface area contributed by atoms with Gasteiger partial charge in [-0.25, -0.2) is 0 Å². The molecule has 0 bridgehead atoms. The van der Waals surface area contributed by atoms with Crippen LogP contribution < -0.4 is 15.4 Å². The molecule has 0 unspecified atom stereocenters. The van der Waals surface area contributed by atoms with Gasteiger partial charge in [0.25, 0.3) is 11.8 Å². The van der Waals surface area contributed by atoms with Crippen LogP contribution in [0.3, 0.4) is 0 Å². The van der Waals surface area contributed by atoms with Crippen molar-refractivity contribution in [3.63, 3.8) is 0 Å². The molecule has 0 saturated carbocycles. The fourth-order valence-electron chi connectivity index (χ4n) is 2.68. The van der Waals surface area contributed by atoms with E-state index in [2.05, 4.69) is 10.6 Å². The number of hydrogen-bond acceptors (Lipinski definition) is 3. The molecule has 3 aromatic rings. The maximum Gasteiger partial charge on any atom is 0.268 e. The molecule has 0 aliphatic rings. The van der Waals surface area contributed by atoms with Gasteiger partial charge in [0, 0.05) is 12.1 Å². The first-order valence-electron chi connectivity index (χ1n) is 9.20. The summed E-state index contributed by atoms with van der Waals surface area (Å²) < 4.78 is 5.14. The summed E-state index contributed by atoms with van der Waals surface area (Å²) in [5.41, 5.74) is 2.40. The van der Waals surface area contributed by atoms with E-state index in [1.807, 2.05) is 60.7 Å². The molecular formula is C24H22N2O3. The third-order valence-corrected chi connectivity index (χ3v) is 4.25. The lowest BCUT2D eigenvalue weighted by atomic mass is 10.1. The summed E-state index contributed by atoms with van der Waals surface area (Å²) in [6, 6.07) is 25.6. The van der Waals surface area contributed by atoms with Crippen LogP contribution in [0, 0.1) is 0 Å². The zero-order valence-electron chi connectivity index (χ0n) is 16.1. The van der Waals surface area contributed by atoms with Crippen LogP contribution in [0.4, 0.5) is 0 Å². The lowest BCUT2D eigenvalue weighted by molar-refractivity contribution is -0.117. The maximum absolute atomic E-state index is 12.8. The van der Waals surface area contributed by atoms with Gasteiger partial charge in [0.15, 0.2) is 0 Å². The van der Waals surface area contributed by atoms with Crippen LogP contribution in [0.5, 0.6) is 5.75 Å². The Hall–Kier alpha value is -3.86. The van der Waals surface area contributed by atoms with Crippen molar-refractivity contribution in [2.75, 3.05) is 7.11 Å². The largest absolute Gasteiger partial charge is 0.497 e. The van der Waals surface area contributed by atoms with Crippen molar-refractivity contribution in [1.82, 2.24) is 10.6 Å². The van der Waals surface area contributed by atoms with Crippen LogP contribution in [0.2, 0.25) is 0 Å². The van der Waals surface area contributed by atoms with E-state index in [4.69, 9.17) is 4.74 Å². The Labute approximate surface area is 170 Å². The second kappa shape index (κ2) is 9.90. The molecule has 2 N–H and O–H groups in total. The average Bonchev–Trinajstić information content (AvgIpc) is 2.78. The predicted octanol–water partition coefficient (Wildman–Crippen LogP) is 3.78. The highest BCUT2D eigenvalue weighted by Crippen LogP contribution is 2.12. The van der Waals surface area contributed by atoms with E-state index in [0.29, 0.717) is 12.1 Å². The van der Waals surface area contributed by atoms with E-state index in [9.17, 15) is 9.59 Å². The van der Waals surface area contributed by atoms with E-state index in [1.165, 1.54) is 0 Å². The van der Waals surface area contributed by atoms with Crippen molar-refractivity contribution >= 4 is 17.9 Å². The molecule has 5 nitrogen and oxygen atoms in total. The summed E-state index contributed by atoms with van der Waals surface area (Å²) in [5, 5.41) is 5.58. The van der Waals surface area contributed by atoms with Crippen LogP contribution in [0.25, 0.3) is 6.08 Å². The van der Waals surface area contributed by atoms with Crippen LogP contribution in [-0.4, -0.2) is 18.9 Å². The molecule has 0 atom stereocenters. The zero-order valence-corrected chi connectivity index (χ0v) is 16.1. The monoisotopic (exact) mass is 386 g/mol. The molecule has 29 heavy (non-hydrogen) atoms. The highest BCUT2D eigenvalue weighted by molar-refractivity contribution is 6.05. The number of rotatable bonds is 7. The van der Waals surface area contributed by atoms with E-state index >= 15 is 0 Å². The van der Waals surface area contributed by atoms with Gasteiger partial charge in [-0.3, -0.25) is 9.59 Å². The molecule has 0 aliphatic heterocycles. The van der Waals surface area contributed by atoms with Gasteiger partial charge < -0.3 is 15.4 Å². The number of nitrogens with one attached hydrogen (secondary N) is 2. The summed E-state index contributed by atoms with van der Waals surface area (Å²) in [5.74, 6) is 0.0428. The molecule has 0 saturated heterocycles. The summed E-state index contributed by atoms with van der Waals surface area (Å²) in [4.78, 5) is 25.3. The Kier molecular flexibility index (Phi) is 6.79. The Morgan fingerprint density at radius 1 is 0.862 bits per heavy atom. The normalized spacial score (nSPS) is 10.9. The average molecular weight is 386 g/mol. The number of carbonyl (C=O) groups is 2. The van der Waals surface area contributed by atoms with E-state index < -0.39 is 0 Å². The Morgan fingerprint density at radius 2 is 1.48 bits per heavy atom. The van der Waals surface area contributed by atoms with Crippen LogP contribution in [0.1, 0.15) is 21.5 Å². The van der Waals surface area contributed by atoms with Crippen molar-refractivity contribution in [3.05, 3.63) is 107 Å². The van der Waals surface area contributed by atoms with Gasteiger partial charge in [0.05, 0.1) is 7.11 Å². The fourth-order valence-corrected chi connectivity index (χ4v) is 2.68. The number of hydrogen-bond donors (Lipinski definition) is 2. The van der Waals surface area contributed by atoms with Crippen LogP contribution >= 0.6 is 0 Å². The standard InChI is InChI=1S/C24H22N2O3/c1-29-21-14-12-19(13-15-21)17-25-24(28)22(16-18-8-4-2-5-9-18)26-23(27)20-10-6-3-7-11-20/h2-16H,17H2,1H3,(H,25,28)(H,26,27)/b22-16-. The van der Waals surface area contributed by atoms with Gasteiger partial charge in [-0.1, -0.05) is 60.7 Å². The van der Waals surface area contributed by atoms with Crippen molar-refractivity contribution in [2.24, 2.45) is 0 Å². The fraction of sp³-hybridized carbons (Fsp3) is 0.0833. The molecule has 0 aromatic heterocycles. The van der Waals surface area contributed by atoms with Crippen LogP contribution in [-0.2, 0) is 11.3 Å². The van der Waals surface area contributed by atoms with Crippen LogP contribution in [0.15, 0.2) is 90.6 Å². The first-order chi connectivity index (χ1) is 14.2. The van der Waals surface area contributed by atoms with Gasteiger partial charge in [-0.2, -0.15) is 0 Å². The first kappa shape index (κ1) is 19.9. The molecule has 0 fully saturated rings. The van der Waals surface area contributed by atoms with E-state index in [0.717, 1.165) is 16.9 Å². The van der Waals surface area contributed by atoms with Gasteiger partial charge in [-0.05, 0) is 41.5 Å². The summed E-state index contributed by atoms with van der Waals surface area (Å²) >= 11 is 0. The molecule has 3 rings (SSSR count). The van der Waals surface area contributed by atoms with E-state index in [-0.39, 0.29) is 17.5 Å². The van der Waals surface area contributed by atoms with Gasteiger partial charge in [0.2, 0.25) is 0 Å². The topological polar surface area (TPSA) is 67.4 Å². The molecular weight excluding hydrogens is 364 g/mol. The molecule has 0 radical (unpaired) electrons. The van der Waals surface area contributed by atoms with Gasteiger partial charge in [-0.15, -0.1) is 0 Å². The smallest absolute Gasteiger partial charge is 0.268 e. The highest BCUT2D eigenvalue weighted by atomic mass is 16.5. The number of carbonyl (C=O) groups excluding carboxylic acids is 2. The molecule has 0 heterocycles. The quantitative estimate of drug-likeness (QED) is 0.607. The second-order valence-corrected chi connectivity index (χ2v) is 6.32. The maximum atomic E-state index is 12.8. The third-order valence-electron chi connectivity index (χ3n) is 4.25. The van der Waals surface area contributed by atoms with Gasteiger partial charge >= 0.3 is 0 Å². The Balaban J connectivity index is 1.75. The van der Waals surface area contributed by atoms with Crippen molar-refractivity contribution < 1.29 is 14.3 Å². The summed E-state index contributed by atoms with van der Waals surface area (Å²) in [6.45, 7) is 0.330. The molecule has 5 heteroatoms. The minimum absolute atomic E-state index is 0.179. The summed E-state index contributed by atoms with van der Waals surface area (Å²) in [7, 11) is 1.60. The second-order valence-electron chi connectivity index (χ2n) is 6.32. The molecule has 0 spiro atoms. The first-order valence-corrected chi connectivity index (χ1v) is 9.20. The number of ether oxygens (including phenoxy) is 1. The van der Waals surface area contributed by atoms with Crippen molar-refractivity contribution in [1.29, 1.82) is 0 Å². The number of methoxy groups -OCH3 is 1. The van der Waals surface area contributed by atoms with Crippen molar-refractivity contribution in [2.45, 2.75) is 6.54 Å². The van der Waals surface area contributed by atoms with Gasteiger partial charge in [0.1, 0.15) is 11.4 Å². The lowest BCUT2D eigenvalue weighted by Crippen LogP contribution is -2.34. The highest BCUT2D eigenvalue weighted by Gasteiger charge is 2.14. The third kappa shape index (κ3) is 5.81. The lowest BCUT2D eigenvalue weighted by Gasteiger charge is -2.12. The molecule has 146 valence electrons. The zero-order chi connectivity index (χ0) is 20.5. The number of amides is 2. The minimum atomic E-state index is -0.367. The molecule has 3 aromatic carbocycles. The predicted molar refractivity (Wildman–Crippen MR) is 113 cm³/mol. The number of benzene rings is 3.